The van der Waals surface area contributed by atoms with E-state index in [2.05, 4.69) is 37.7 Å². The van der Waals surface area contributed by atoms with Gasteiger partial charge in [-0.15, -0.1) is 0 Å². The Morgan fingerprint density at radius 1 is 0.688 bits per heavy atom. The normalized spacial score (nSPS) is 19.1. The van der Waals surface area contributed by atoms with Crippen LogP contribution in [0.5, 0.6) is 0 Å². The molecule has 3 aromatic carbocycles. The Balaban J connectivity index is 1.06. The quantitative estimate of drug-likeness (QED) is 0.247. The van der Waals surface area contributed by atoms with Gasteiger partial charge in [-0.25, -0.2) is 14.6 Å². The maximum Gasteiger partial charge on any atom is 0.411 e. The SMILES string of the molecule is COC(=O)Nc1ccc(-c2nc(-c3ccc(NC(=O)Nc4ccc(N5CCN(C)CC5)cc4)cc3)nc(N3CC4CCC(C3)O4)n2)cc1. The van der Waals surface area contributed by atoms with Crippen molar-refractivity contribution in [3.8, 4) is 22.8 Å². The molecule has 48 heavy (non-hydrogen) atoms. The van der Waals surface area contributed by atoms with Gasteiger partial charge in [-0.2, -0.15) is 9.97 Å². The summed E-state index contributed by atoms with van der Waals surface area (Å²) in [6, 6.07) is 22.3. The Morgan fingerprint density at radius 2 is 1.19 bits per heavy atom. The average molecular weight is 650 g/mol. The van der Waals surface area contributed by atoms with Gasteiger partial charge in [0.05, 0.1) is 19.3 Å². The summed E-state index contributed by atoms with van der Waals surface area (Å²) in [5.41, 5.74) is 4.67. The Bertz CT molecular complexity index is 1730. The molecule has 0 spiro atoms. The number of nitrogens with one attached hydrogen (secondary N) is 3. The number of likely N-dealkylation sites (N-methyl/N-ethyl adjacent to an activating group) is 1. The first-order valence-corrected chi connectivity index (χ1v) is 16.2. The molecule has 3 amide bonds. The van der Waals surface area contributed by atoms with E-state index >= 15 is 0 Å². The highest BCUT2D eigenvalue weighted by Gasteiger charge is 2.35. The smallest absolute Gasteiger partial charge is 0.411 e. The molecule has 3 aliphatic heterocycles. The van der Waals surface area contributed by atoms with Gasteiger partial charge in [-0.1, -0.05) is 0 Å². The Kier molecular flexibility index (Phi) is 9.03. The van der Waals surface area contributed by atoms with E-state index in [-0.39, 0.29) is 18.2 Å². The molecule has 3 aliphatic rings. The molecule has 0 saturated carbocycles. The van der Waals surface area contributed by atoms with Crippen molar-refractivity contribution in [2.45, 2.75) is 25.0 Å². The number of urea groups is 1. The van der Waals surface area contributed by atoms with Crippen LogP contribution < -0.4 is 25.8 Å². The number of benzene rings is 3. The van der Waals surface area contributed by atoms with Crippen LogP contribution >= 0.6 is 0 Å². The lowest BCUT2D eigenvalue weighted by molar-refractivity contribution is 0.0299. The molecule has 3 saturated heterocycles. The molecule has 3 N–H and O–H groups in total. The van der Waals surface area contributed by atoms with Crippen molar-refractivity contribution in [1.82, 2.24) is 19.9 Å². The zero-order valence-electron chi connectivity index (χ0n) is 27.1. The number of hydrogen-bond donors (Lipinski definition) is 3. The van der Waals surface area contributed by atoms with Gasteiger partial charge >= 0.3 is 12.1 Å². The number of fused-ring (bicyclic) bond motifs is 2. The van der Waals surface area contributed by atoms with Crippen molar-refractivity contribution >= 4 is 40.8 Å². The monoisotopic (exact) mass is 649 g/mol. The van der Waals surface area contributed by atoms with Gasteiger partial charge in [0.2, 0.25) is 5.95 Å². The lowest BCUT2D eigenvalue weighted by Crippen LogP contribution is -2.44. The maximum absolute atomic E-state index is 12.8. The number of rotatable bonds is 7. The number of nitrogens with zero attached hydrogens (tertiary/aromatic N) is 6. The van der Waals surface area contributed by atoms with Crippen LogP contribution in [0.3, 0.4) is 0 Å². The third-order valence-electron chi connectivity index (χ3n) is 8.92. The summed E-state index contributed by atoms with van der Waals surface area (Å²) in [7, 11) is 3.46. The first kappa shape index (κ1) is 31.3. The second-order valence-corrected chi connectivity index (χ2v) is 12.3. The van der Waals surface area contributed by atoms with Crippen molar-refractivity contribution in [3.05, 3.63) is 72.8 Å². The van der Waals surface area contributed by atoms with Crippen molar-refractivity contribution < 1.29 is 19.1 Å². The number of aromatic nitrogens is 3. The zero-order chi connectivity index (χ0) is 33.0. The fourth-order valence-electron chi connectivity index (χ4n) is 6.23. The number of ether oxygens (including phenoxy) is 2. The van der Waals surface area contributed by atoms with Gasteiger partial charge in [0, 0.05) is 73.1 Å². The zero-order valence-corrected chi connectivity index (χ0v) is 27.1. The minimum Gasteiger partial charge on any atom is -0.453 e. The Morgan fingerprint density at radius 3 is 1.71 bits per heavy atom. The third kappa shape index (κ3) is 7.32. The topological polar surface area (TPSA) is 137 Å². The van der Waals surface area contributed by atoms with Crippen LogP contribution in [-0.4, -0.2) is 97.6 Å². The molecular weight excluding hydrogens is 610 g/mol. The molecular formula is C35H39N9O4. The van der Waals surface area contributed by atoms with E-state index in [1.165, 1.54) is 7.11 Å². The van der Waals surface area contributed by atoms with Crippen molar-refractivity contribution in [2.24, 2.45) is 0 Å². The van der Waals surface area contributed by atoms with E-state index in [1.54, 1.807) is 12.1 Å². The van der Waals surface area contributed by atoms with Crippen LogP contribution in [0, 0.1) is 0 Å². The minimum atomic E-state index is -0.541. The van der Waals surface area contributed by atoms with Gasteiger partial charge in [0.25, 0.3) is 0 Å². The lowest BCUT2D eigenvalue weighted by Gasteiger charge is -2.34. The molecule has 2 unspecified atom stereocenters. The summed E-state index contributed by atoms with van der Waals surface area (Å²) in [5.74, 6) is 1.62. The largest absolute Gasteiger partial charge is 0.453 e. The van der Waals surface area contributed by atoms with E-state index in [0.717, 1.165) is 74.6 Å². The summed E-state index contributed by atoms with van der Waals surface area (Å²) in [6.45, 7) is 5.50. The number of morpholine rings is 1. The van der Waals surface area contributed by atoms with Crippen LogP contribution in [0.4, 0.5) is 38.3 Å². The number of methoxy groups -OCH3 is 1. The van der Waals surface area contributed by atoms with Gasteiger partial charge in [-0.3, -0.25) is 5.32 Å². The predicted molar refractivity (Wildman–Crippen MR) is 186 cm³/mol. The van der Waals surface area contributed by atoms with Crippen LogP contribution in [0.15, 0.2) is 72.8 Å². The number of anilines is 5. The molecule has 13 nitrogen and oxygen atoms in total. The molecule has 4 heterocycles. The van der Waals surface area contributed by atoms with E-state index in [1.807, 2.05) is 60.7 Å². The Hall–Kier alpha value is -5.27. The van der Waals surface area contributed by atoms with Crippen LogP contribution in [0.1, 0.15) is 12.8 Å². The second kappa shape index (κ2) is 13.8. The van der Waals surface area contributed by atoms with E-state index in [4.69, 9.17) is 24.4 Å². The minimum absolute atomic E-state index is 0.169. The number of carbonyl (C=O) groups is 2. The first-order chi connectivity index (χ1) is 23.4. The van der Waals surface area contributed by atoms with Crippen molar-refractivity contribution in [3.63, 3.8) is 0 Å². The van der Waals surface area contributed by atoms with Gasteiger partial charge in [0.15, 0.2) is 11.6 Å². The molecule has 248 valence electrons. The van der Waals surface area contributed by atoms with E-state index < -0.39 is 6.09 Å². The third-order valence-corrected chi connectivity index (χ3v) is 8.92. The van der Waals surface area contributed by atoms with Crippen LogP contribution in [0.2, 0.25) is 0 Å². The molecule has 2 bridgehead atoms. The number of amides is 3. The van der Waals surface area contributed by atoms with Crippen LogP contribution in [0.25, 0.3) is 22.8 Å². The van der Waals surface area contributed by atoms with Crippen molar-refractivity contribution in [2.75, 3.05) is 79.2 Å². The highest BCUT2D eigenvalue weighted by atomic mass is 16.5. The molecule has 4 aromatic rings. The van der Waals surface area contributed by atoms with Crippen molar-refractivity contribution in [1.29, 1.82) is 0 Å². The average Bonchev–Trinajstić information content (AvgIpc) is 3.46. The molecule has 2 atom stereocenters. The number of piperazine rings is 1. The maximum atomic E-state index is 12.8. The molecule has 3 fully saturated rings. The highest BCUT2D eigenvalue weighted by molar-refractivity contribution is 6.00. The molecule has 7 rings (SSSR count). The molecule has 13 heteroatoms. The van der Waals surface area contributed by atoms with Gasteiger partial charge in [-0.05, 0) is 92.7 Å². The summed E-state index contributed by atoms with van der Waals surface area (Å²) in [4.78, 5) is 45.9. The summed E-state index contributed by atoms with van der Waals surface area (Å²) in [6.07, 6.45) is 1.86. The highest BCUT2D eigenvalue weighted by Crippen LogP contribution is 2.31. The van der Waals surface area contributed by atoms with E-state index in [9.17, 15) is 9.59 Å². The second-order valence-electron chi connectivity index (χ2n) is 12.3. The summed E-state index contributed by atoms with van der Waals surface area (Å²) >= 11 is 0. The summed E-state index contributed by atoms with van der Waals surface area (Å²) in [5, 5.41) is 8.49. The first-order valence-electron chi connectivity index (χ1n) is 16.2. The van der Waals surface area contributed by atoms with Gasteiger partial charge < -0.3 is 34.8 Å². The molecule has 0 radical (unpaired) electrons. The van der Waals surface area contributed by atoms with Crippen LogP contribution in [-0.2, 0) is 9.47 Å². The molecule has 1 aromatic heterocycles. The fraction of sp³-hybridized carbons (Fsp3) is 0.343. The predicted octanol–water partition coefficient (Wildman–Crippen LogP) is 5.15. The van der Waals surface area contributed by atoms with Gasteiger partial charge in [0.1, 0.15) is 0 Å². The standard InChI is InChI=1S/C35H39N9O4/c1-42-17-19-43(20-18-42)28-13-11-26(12-14-28)37-34(45)36-25-7-3-23(4-8-25)31-39-32(24-5-9-27(10-6-24)38-35(46)47-2)41-33(40-31)44-21-29-15-16-30(22-44)48-29/h3-14,29-30H,15-22H2,1-2H3,(H,38,46)(H2,36,37,45). The van der Waals surface area contributed by atoms with E-state index in [0.29, 0.717) is 29.0 Å². The Labute approximate surface area is 279 Å². The summed E-state index contributed by atoms with van der Waals surface area (Å²) < 4.78 is 10.7. The lowest BCUT2D eigenvalue weighted by atomic mass is 10.1. The number of hydrogen-bond acceptors (Lipinski definition) is 10. The fourth-order valence-corrected chi connectivity index (χ4v) is 6.23. The number of carbonyl (C=O) groups excluding carboxylic acids is 2. The molecule has 0 aliphatic carbocycles.